The van der Waals surface area contributed by atoms with Crippen LogP contribution in [-0.2, 0) is 33.8 Å². The highest BCUT2D eigenvalue weighted by atomic mass is 16.5. The van der Waals surface area contributed by atoms with Gasteiger partial charge in [-0.2, -0.15) is 0 Å². The van der Waals surface area contributed by atoms with Crippen molar-refractivity contribution in [3.05, 3.63) is 65.5 Å². The SMILES string of the molecule is CCOC(=O)Cc1ccc(CNC(=O)C2CCN(Cc3ccccn3)CC2)cc1. The molecule has 1 aromatic carbocycles. The highest BCUT2D eigenvalue weighted by Gasteiger charge is 2.24. The number of benzene rings is 1. The summed E-state index contributed by atoms with van der Waals surface area (Å²) in [4.78, 5) is 30.8. The molecule has 1 aliphatic rings. The Hall–Kier alpha value is -2.73. The van der Waals surface area contributed by atoms with E-state index in [2.05, 4.69) is 15.2 Å². The smallest absolute Gasteiger partial charge is 0.310 e. The molecule has 154 valence electrons. The fourth-order valence-corrected chi connectivity index (χ4v) is 3.56. The topological polar surface area (TPSA) is 71.5 Å². The molecule has 0 spiro atoms. The van der Waals surface area contributed by atoms with Gasteiger partial charge in [-0.1, -0.05) is 30.3 Å². The van der Waals surface area contributed by atoms with E-state index in [0.29, 0.717) is 13.2 Å². The van der Waals surface area contributed by atoms with Crippen molar-refractivity contribution in [2.24, 2.45) is 5.92 Å². The van der Waals surface area contributed by atoms with Crippen LogP contribution in [0.5, 0.6) is 0 Å². The number of aromatic nitrogens is 1. The van der Waals surface area contributed by atoms with E-state index in [4.69, 9.17) is 4.74 Å². The Balaban J connectivity index is 1.39. The van der Waals surface area contributed by atoms with Gasteiger partial charge >= 0.3 is 5.97 Å². The Morgan fingerprint density at radius 1 is 1.10 bits per heavy atom. The molecule has 0 bridgehead atoms. The Morgan fingerprint density at radius 3 is 2.48 bits per heavy atom. The normalized spacial score (nSPS) is 15.1. The van der Waals surface area contributed by atoms with Crippen LogP contribution in [0, 0.1) is 5.92 Å². The molecule has 6 heteroatoms. The molecule has 3 rings (SSSR count). The molecule has 0 saturated carbocycles. The van der Waals surface area contributed by atoms with Crippen molar-refractivity contribution in [2.45, 2.75) is 39.3 Å². The number of carbonyl (C=O) groups is 2. The van der Waals surface area contributed by atoms with Gasteiger partial charge in [-0.05, 0) is 56.1 Å². The van der Waals surface area contributed by atoms with E-state index >= 15 is 0 Å². The third kappa shape index (κ3) is 6.68. The molecule has 1 saturated heterocycles. The number of likely N-dealkylation sites (tertiary alicyclic amines) is 1. The van der Waals surface area contributed by atoms with Gasteiger partial charge in [-0.3, -0.25) is 19.5 Å². The predicted molar refractivity (Wildman–Crippen MR) is 111 cm³/mol. The van der Waals surface area contributed by atoms with Gasteiger partial charge < -0.3 is 10.1 Å². The summed E-state index contributed by atoms with van der Waals surface area (Å²) in [6, 6.07) is 13.7. The largest absolute Gasteiger partial charge is 0.466 e. The summed E-state index contributed by atoms with van der Waals surface area (Å²) >= 11 is 0. The minimum Gasteiger partial charge on any atom is -0.466 e. The highest BCUT2D eigenvalue weighted by molar-refractivity contribution is 5.78. The fraction of sp³-hybridized carbons (Fsp3) is 0.435. The first kappa shape index (κ1) is 21.0. The van der Waals surface area contributed by atoms with Crippen molar-refractivity contribution in [3.63, 3.8) is 0 Å². The second-order valence-electron chi connectivity index (χ2n) is 7.39. The number of amides is 1. The number of nitrogens with one attached hydrogen (secondary N) is 1. The van der Waals surface area contributed by atoms with Crippen molar-refractivity contribution >= 4 is 11.9 Å². The molecule has 1 aliphatic heterocycles. The summed E-state index contributed by atoms with van der Waals surface area (Å²) in [5.41, 5.74) is 3.01. The van der Waals surface area contributed by atoms with Crippen LogP contribution in [0.2, 0.25) is 0 Å². The second-order valence-corrected chi connectivity index (χ2v) is 7.39. The number of nitrogens with zero attached hydrogens (tertiary/aromatic N) is 2. The lowest BCUT2D eigenvalue weighted by Gasteiger charge is -2.31. The highest BCUT2D eigenvalue weighted by Crippen LogP contribution is 2.19. The predicted octanol–water partition coefficient (Wildman–Crippen LogP) is 2.72. The molecule has 0 atom stereocenters. The van der Waals surface area contributed by atoms with E-state index in [-0.39, 0.29) is 24.2 Å². The Bertz CT molecular complexity index is 785. The van der Waals surface area contributed by atoms with Crippen molar-refractivity contribution < 1.29 is 14.3 Å². The maximum absolute atomic E-state index is 12.5. The number of carbonyl (C=O) groups excluding carboxylic acids is 2. The first-order chi connectivity index (χ1) is 14.1. The van der Waals surface area contributed by atoms with Gasteiger partial charge in [0, 0.05) is 25.2 Å². The molecule has 2 heterocycles. The Labute approximate surface area is 172 Å². The molecule has 0 radical (unpaired) electrons. The van der Waals surface area contributed by atoms with E-state index < -0.39 is 0 Å². The maximum atomic E-state index is 12.5. The Morgan fingerprint density at radius 2 is 1.83 bits per heavy atom. The fourth-order valence-electron chi connectivity index (χ4n) is 3.56. The van der Waals surface area contributed by atoms with Crippen molar-refractivity contribution in [1.29, 1.82) is 0 Å². The molecule has 2 aromatic rings. The summed E-state index contributed by atoms with van der Waals surface area (Å²) in [6.07, 6.45) is 3.84. The summed E-state index contributed by atoms with van der Waals surface area (Å²) in [7, 11) is 0. The van der Waals surface area contributed by atoms with Gasteiger partial charge in [0.15, 0.2) is 0 Å². The van der Waals surface area contributed by atoms with Crippen LogP contribution >= 0.6 is 0 Å². The lowest BCUT2D eigenvalue weighted by molar-refractivity contribution is -0.142. The number of rotatable bonds is 8. The number of esters is 1. The van der Waals surface area contributed by atoms with E-state index in [0.717, 1.165) is 49.3 Å². The summed E-state index contributed by atoms with van der Waals surface area (Å²) in [5.74, 6) is -0.0286. The second kappa shape index (κ2) is 10.7. The minimum absolute atomic E-state index is 0.0677. The number of piperidine rings is 1. The van der Waals surface area contributed by atoms with Gasteiger partial charge in [0.1, 0.15) is 0 Å². The summed E-state index contributed by atoms with van der Waals surface area (Å²) < 4.78 is 4.96. The van der Waals surface area contributed by atoms with Gasteiger partial charge in [0.25, 0.3) is 0 Å². The number of hydrogen-bond acceptors (Lipinski definition) is 5. The molecule has 0 unspecified atom stereocenters. The molecular weight excluding hydrogens is 366 g/mol. The molecular formula is C23H29N3O3. The third-order valence-corrected chi connectivity index (χ3v) is 5.21. The first-order valence-corrected chi connectivity index (χ1v) is 10.3. The van der Waals surface area contributed by atoms with Crippen molar-refractivity contribution in [3.8, 4) is 0 Å². The summed E-state index contributed by atoms with van der Waals surface area (Å²) in [6.45, 7) is 5.37. The van der Waals surface area contributed by atoms with Crippen molar-refractivity contribution in [2.75, 3.05) is 19.7 Å². The van der Waals surface area contributed by atoms with Crippen molar-refractivity contribution in [1.82, 2.24) is 15.2 Å². The molecule has 0 aliphatic carbocycles. The molecule has 1 aromatic heterocycles. The maximum Gasteiger partial charge on any atom is 0.310 e. The monoisotopic (exact) mass is 395 g/mol. The van der Waals surface area contributed by atoms with Gasteiger partial charge in [0.05, 0.1) is 18.7 Å². The lowest BCUT2D eigenvalue weighted by Crippen LogP contribution is -2.40. The lowest BCUT2D eigenvalue weighted by atomic mass is 9.95. The molecule has 1 fully saturated rings. The van der Waals surface area contributed by atoms with Crippen LogP contribution in [0.4, 0.5) is 0 Å². The minimum atomic E-state index is -0.219. The standard InChI is InChI=1S/C23H29N3O3/c1-2-29-22(27)15-18-6-8-19(9-7-18)16-25-23(28)20-10-13-26(14-11-20)17-21-5-3-4-12-24-21/h3-9,12,20H,2,10-11,13-17H2,1H3,(H,25,28). The number of ether oxygens (including phenoxy) is 1. The zero-order valence-corrected chi connectivity index (χ0v) is 17.0. The number of hydrogen-bond donors (Lipinski definition) is 1. The molecule has 1 amide bonds. The Kier molecular flexibility index (Phi) is 7.76. The van der Waals surface area contributed by atoms with Crippen LogP contribution in [-0.4, -0.2) is 41.5 Å². The molecule has 1 N–H and O–H groups in total. The first-order valence-electron chi connectivity index (χ1n) is 10.3. The zero-order valence-electron chi connectivity index (χ0n) is 17.0. The quantitative estimate of drug-likeness (QED) is 0.696. The average molecular weight is 396 g/mol. The van der Waals surface area contributed by atoms with E-state index in [1.165, 1.54) is 0 Å². The van der Waals surface area contributed by atoms with Gasteiger partial charge in [-0.15, -0.1) is 0 Å². The molecule has 29 heavy (non-hydrogen) atoms. The third-order valence-electron chi connectivity index (χ3n) is 5.21. The average Bonchev–Trinajstić information content (AvgIpc) is 2.74. The zero-order chi connectivity index (χ0) is 20.5. The van der Waals surface area contributed by atoms with E-state index in [9.17, 15) is 9.59 Å². The van der Waals surface area contributed by atoms with Crippen LogP contribution in [0.15, 0.2) is 48.7 Å². The van der Waals surface area contributed by atoms with Crippen LogP contribution in [0.25, 0.3) is 0 Å². The van der Waals surface area contributed by atoms with Gasteiger partial charge in [0.2, 0.25) is 5.91 Å². The van der Waals surface area contributed by atoms with Crippen LogP contribution in [0.1, 0.15) is 36.6 Å². The summed E-state index contributed by atoms with van der Waals surface area (Å²) in [5, 5.41) is 3.05. The van der Waals surface area contributed by atoms with Crippen LogP contribution in [0.3, 0.4) is 0 Å². The number of pyridine rings is 1. The van der Waals surface area contributed by atoms with E-state index in [1.807, 2.05) is 48.7 Å². The van der Waals surface area contributed by atoms with Crippen LogP contribution < -0.4 is 5.32 Å². The van der Waals surface area contributed by atoms with E-state index in [1.54, 1.807) is 6.92 Å². The molecule has 6 nitrogen and oxygen atoms in total. The van der Waals surface area contributed by atoms with Gasteiger partial charge in [-0.25, -0.2) is 0 Å².